The van der Waals surface area contributed by atoms with Gasteiger partial charge in [-0.05, 0) is 40.2 Å². The molecule has 0 aromatic heterocycles. The van der Waals surface area contributed by atoms with Gasteiger partial charge in [0.25, 0.3) is 0 Å². The average molecular weight is 212 g/mol. The molecule has 1 aliphatic rings. The Morgan fingerprint density at radius 2 is 2.20 bits per heavy atom. The number of carbonyl (C=O) groups excluding carboxylic acids is 1. The predicted octanol–water partition coefficient (Wildman–Crippen LogP) is 1.63. The normalized spacial score (nSPS) is 27.7. The Labute approximate surface area is 93.2 Å². The number of hydrogen-bond donors (Lipinski definition) is 1. The van der Waals surface area contributed by atoms with Crippen LogP contribution in [0.2, 0.25) is 0 Å². The Kier molecular flexibility index (Phi) is 4.58. The molecule has 0 aliphatic carbocycles. The lowest BCUT2D eigenvalue weighted by atomic mass is 9.99. The zero-order valence-electron chi connectivity index (χ0n) is 10.4. The molecule has 3 heteroatoms. The van der Waals surface area contributed by atoms with Crippen molar-refractivity contribution in [2.45, 2.75) is 52.6 Å². The molecule has 3 unspecified atom stereocenters. The lowest BCUT2D eigenvalue weighted by molar-refractivity contribution is -0.137. The zero-order chi connectivity index (χ0) is 11.4. The van der Waals surface area contributed by atoms with Crippen molar-refractivity contribution in [2.24, 2.45) is 5.92 Å². The molecular formula is C12H24N2O. The third-order valence-corrected chi connectivity index (χ3v) is 3.59. The van der Waals surface area contributed by atoms with Crippen LogP contribution in [0.1, 0.15) is 40.5 Å². The minimum atomic E-state index is 0.193. The van der Waals surface area contributed by atoms with Gasteiger partial charge in [-0.2, -0.15) is 0 Å². The molecular weight excluding hydrogens is 188 g/mol. The lowest BCUT2D eigenvalue weighted by Gasteiger charge is -2.30. The van der Waals surface area contributed by atoms with Crippen LogP contribution < -0.4 is 5.32 Å². The van der Waals surface area contributed by atoms with E-state index in [9.17, 15) is 4.79 Å². The van der Waals surface area contributed by atoms with Gasteiger partial charge in [-0.25, -0.2) is 0 Å². The van der Waals surface area contributed by atoms with Crippen molar-refractivity contribution >= 4 is 5.91 Å². The average Bonchev–Trinajstić information content (AvgIpc) is 2.65. The molecule has 0 bridgehead atoms. The fraction of sp³-hybridized carbons (Fsp3) is 0.917. The Bertz CT molecular complexity index is 218. The summed E-state index contributed by atoms with van der Waals surface area (Å²) < 4.78 is 0. The fourth-order valence-electron chi connectivity index (χ4n) is 2.31. The lowest BCUT2D eigenvalue weighted by Crippen LogP contribution is -2.44. The Balaban J connectivity index is 2.63. The van der Waals surface area contributed by atoms with Crippen molar-refractivity contribution in [1.29, 1.82) is 0 Å². The van der Waals surface area contributed by atoms with Crippen molar-refractivity contribution in [3.05, 3.63) is 0 Å². The molecule has 0 saturated carbocycles. The third-order valence-electron chi connectivity index (χ3n) is 3.59. The van der Waals surface area contributed by atoms with Gasteiger partial charge in [0.1, 0.15) is 0 Å². The quantitative estimate of drug-likeness (QED) is 0.768. The van der Waals surface area contributed by atoms with E-state index >= 15 is 0 Å². The van der Waals surface area contributed by atoms with E-state index in [4.69, 9.17) is 0 Å². The van der Waals surface area contributed by atoms with Crippen LogP contribution >= 0.6 is 0 Å². The molecule has 1 fully saturated rings. The first-order valence-electron chi connectivity index (χ1n) is 6.15. The highest BCUT2D eigenvalue weighted by molar-refractivity contribution is 5.80. The van der Waals surface area contributed by atoms with Crippen LogP contribution in [0.4, 0.5) is 0 Å². The summed E-state index contributed by atoms with van der Waals surface area (Å²) in [6.45, 7) is 10.3. The van der Waals surface area contributed by atoms with Gasteiger partial charge in [-0.15, -0.1) is 0 Å². The molecule has 1 heterocycles. The van der Waals surface area contributed by atoms with Crippen LogP contribution in [0, 0.1) is 5.92 Å². The second kappa shape index (κ2) is 5.50. The summed E-state index contributed by atoms with van der Waals surface area (Å²) in [7, 11) is 0. The van der Waals surface area contributed by atoms with Crippen LogP contribution in [0.3, 0.4) is 0 Å². The maximum absolute atomic E-state index is 12.3. The summed E-state index contributed by atoms with van der Waals surface area (Å²) in [5.74, 6) is 0.531. The van der Waals surface area contributed by atoms with Gasteiger partial charge in [0.2, 0.25) is 5.91 Å². The zero-order valence-corrected chi connectivity index (χ0v) is 10.4. The fourth-order valence-corrected chi connectivity index (χ4v) is 2.31. The molecule has 1 amide bonds. The number of rotatable bonds is 4. The van der Waals surface area contributed by atoms with Gasteiger partial charge < -0.3 is 10.2 Å². The molecule has 88 valence electrons. The van der Waals surface area contributed by atoms with Gasteiger partial charge in [0.05, 0.1) is 5.92 Å². The highest BCUT2D eigenvalue weighted by Gasteiger charge is 2.33. The first kappa shape index (κ1) is 12.5. The van der Waals surface area contributed by atoms with E-state index < -0.39 is 0 Å². The van der Waals surface area contributed by atoms with E-state index in [1.165, 1.54) is 0 Å². The first-order chi connectivity index (χ1) is 7.11. The van der Waals surface area contributed by atoms with Gasteiger partial charge >= 0.3 is 0 Å². The molecule has 0 aromatic rings. The van der Waals surface area contributed by atoms with Gasteiger partial charge in [-0.3, -0.25) is 4.79 Å². The SMILES string of the molecule is CCC(C)N(CC)C(=O)C1CCNC1C. The van der Waals surface area contributed by atoms with Crippen molar-refractivity contribution < 1.29 is 4.79 Å². The molecule has 1 aliphatic heterocycles. The molecule has 0 spiro atoms. The van der Waals surface area contributed by atoms with Gasteiger partial charge in [0, 0.05) is 18.6 Å². The van der Waals surface area contributed by atoms with E-state index in [1.54, 1.807) is 0 Å². The summed E-state index contributed by atoms with van der Waals surface area (Å²) in [4.78, 5) is 14.3. The van der Waals surface area contributed by atoms with E-state index in [-0.39, 0.29) is 5.92 Å². The molecule has 1 N–H and O–H groups in total. The van der Waals surface area contributed by atoms with Crippen molar-refractivity contribution in [3.63, 3.8) is 0 Å². The van der Waals surface area contributed by atoms with E-state index in [2.05, 4.69) is 33.0 Å². The van der Waals surface area contributed by atoms with Crippen molar-refractivity contribution in [3.8, 4) is 0 Å². The van der Waals surface area contributed by atoms with Crippen LogP contribution in [0.25, 0.3) is 0 Å². The highest BCUT2D eigenvalue weighted by Crippen LogP contribution is 2.19. The topological polar surface area (TPSA) is 32.3 Å². The first-order valence-corrected chi connectivity index (χ1v) is 6.15. The third kappa shape index (κ3) is 2.71. The summed E-state index contributed by atoms with van der Waals surface area (Å²) in [6, 6.07) is 0.714. The maximum Gasteiger partial charge on any atom is 0.227 e. The van der Waals surface area contributed by atoms with Crippen LogP contribution in [0.5, 0.6) is 0 Å². The smallest absolute Gasteiger partial charge is 0.227 e. The summed E-state index contributed by atoms with van der Waals surface area (Å²) in [5.41, 5.74) is 0. The molecule has 1 rings (SSSR count). The Morgan fingerprint density at radius 1 is 1.53 bits per heavy atom. The number of carbonyl (C=O) groups is 1. The highest BCUT2D eigenvalue weighted by atomic mass is 16.2. The summed E-state index contributed by atoms with van der Waals surface area (Å²) in [5, 5.41) is 3.34. The Hall–Kier alpha value is -0.570. The summed E-state index contributed by atoms with van der Waals surface area (Å²) in [6.07, 6.45) is 2.03. The molecule has 3 nitrogen and oxygen atoms in total. The number of nitrogens with zero attached hydrogens (tertiary/aromatic N) is 1. The minimum absolute atomic E-state index is 0.193. The van der Waals surface area contributed by atoms with Crippen LogP contribution in [-0.4, -0.2) is 36.0 Å². The Morgan fingerprint density at radius 3 is 2.60 bits per heavy atom. The van der Waals surface area contributed by atoms with Gasteiger partial charge in [-0.1, -0.05) is 6.92 Å². The number of amides is 1. The molecule has 3 atom stereocenters. The van der Waals surface area contributed by atoms with Crippen molar-refractivity contribution in [1.82, 2.24) is 10.2 Å². The van der Waals surface area contributed by atoms with Crippen molar-refractivity contribution in [2.75, 3.05) is 13.1 Å². The van der Waals surface area contributed by atoms with E-state index in [1.807, 2.05) is 4.90 Å². The van der Waals surface area contributed by atoms with Crippen LogP contribution in [0.15, 0.2) is 0 Å². The van der Waals surface area contributed by atoms with E-state index in [0.717, 1.165) is 25.9 Å². The number of hydrogen-bond acceptors (Lipinski definition) is 2. The molecule has 15 heavy (non-hydrogen) atoms. The van der Waals surface area contributed by atoms with Gasteiger partial charge in [0.15, 0.2) is 0 Å². The van der Waals surface area contributed by atoms with E-state index in [0.29, 0.717) is 18.0 Å². The van der Waals surface area contributed by atoms with Crippen LogP contribution in [-0.2, 0) is 4.79 Å². The standard InChI is InChI=1S/C12H24N2O/c1-5-9(3)14(6-2)12(15)11-7-8-13-10(11)4/h9-11,13H,5-8H2,1-4H3. The molecule has 0 aromatic carbocycles. The second-order valence-electron chi connectivity index (χ2n) is 4.52. The maximum atomic E-state index is 12.3. The second-order valence-corrected chi connectivity index (χ2v) is 4.52. The summed E-state index contributed by atoms with van der Waals surface area (Å²) >= 11 is 0. The molecule has 0 radical (unpaired) electrons. The monoisotopic (exact) mass is 212 g/mol. The predicted molar refractivity (Wildman–Crippen MR) is 62.7 cm³/mol. The number of nitrogens with one attached hydrogen (secondary N) is 1. The molecule has 1 saturated heterocycles. The largest absolute Gasteiger partial charge is 0.340 e. The minimum Gasteiger partial charge on any atom is -0.340 e.